The second kappa shape index (κ2) is 6.61. The van der Waals surface area contributed by atoms with Gasteiger partial charge in [0.2, 0.25) is 0 Å². The van der Waals surface area contributed by atoms with Crippen LogP contribution in [0.4, 0.5) is 0 Å². The summed E-state index contributed by atoms with van der Waals surface area (Å²) in [4.78, 5) is 0. The number of hydrogen-bond donors (Lipinski definition) is 2. The zero-order chi connectivity index (χ0) is 11.2. The molecule has 0 aromatic rings. The van der Waals surface area contributed by atoms with Gasteiger partial charge in [-0.3, -0.25) is 11.3 Å². The van der Waals surface area contributed by atoms with E-state index in [0.29, 0.717) is 6.04 Å². The maximum Gasteiger partial charge on any atom is 0.0238 e. The molecule has 0 spiro atoms. The number of hydrogen-bond acceptors (Lipinski definition) is 2. The minimum absolute atomic E-state index is 0.601. The van der Waals surface area contributed by atoms with Crippen LogP contribution >= 0.6 is 0 Å². The molecule has 2 heteroatoms. The maximum absolute atomic E-state index is 5.72. The lowest BCUT2D eigenvalue weighted by atomic mass is 9.83. The first-order valence-electron chi connectivity index (χ1n) is 7.36. The minimum Gasteiger partial charge on any atom is -0.271 e. The molecule has 2 nitrogen and oxygen atoms in total. The summed E-state index contributed by atoms with van der Waals surface area (Å²) in [6, 6.07) is 0.601. The lowest BCUT2D eigenvalue weighted by molar-refractivity contribution is 0.278. The van der Waals surface area contributed by atoms with Crippen LogP contribution in [-0.2, 0) is 0 Å². The summed E-state index contributed by atoms with van der Waals surface area (Å²) in [5, 5.41) is 0. The molecule has 16 heavy (non-hydrogen) atoms. The Morgan fingerprint density at radius 2 is 1.56 bits per heavy atom. The molecular weight excluding hydrogens is 196 g/mol. The van der Waals surface area contributed by atoms with Crippen LogP contribution in [0.2, 0.25) is 0 Å². The Morgan fingerprint density at radius 3 is 2.19 bits per heavy atom. The van der Waals surface area contributed by atoms with Crippen molar-refractivity contribution in [1.29, 1.82) is 0 Å². The Hall–Kier alpha value is -0.0800. The Labute approximate surface area is 100 Å². The van der Waals surface area contributed by atoms with Gasteiger partial charge in [-0.25, -0.2) is 0 Å². The molecule has 2 saturated carbocycles. The van der Waals surface area contributed by atoms with Crippen molar-refractivity contribution in [3.63, 3.8) is 0 Å². The van der Waals surface area contributed by atoms with Crippen LogP contribution in [0.3, 0.4) is 0 Å². The molecular formula is C14H28N2. The summed E-state index contributed by atoms with van der Waals surface area (Å²) < 4.78 is 0. The fraction of sp³-hybridized carbons (Fsp3) is 1.00. The Bertz CT molecular complexity index is 181. The van der Waals surface area contributed by atoms with Crippen molar-refractivity contribution in [2.45, 2.75) is 76.7 Å². The molecule has 2 aliphatic rings. The molecule has 1 atom stereocenters. The Morgan fingerprint density at radius 1 is 0.938 bits per heavy atom. The van der Waals surface area contributed by atoms with E-state index in [2.05, 4.69) is 5.43 Å². The molecule has 2 fully saturated rings. The Balaban J connectivity index is 1.69. The van der Waals surface area contributed by atoms with Gasteiger partial charge in [0.15, 0.2) is 0 Å². The quantitative estimate of drug-likeness (QED) is 0.555. The van der Waals surface area contributed by atoms with E-state index in [1.165, 1.54) is 70.6 Å². The highest BCUT2D eigenvalue weighted by Crippen LogP contribution is 2.32. The highest BCUT2D eigenvalue weighted by Gasteiger charge is 2.25. The lowest BCUT2D eigenvalue weighted by Crippen LogP contribution is -2.40. The van der Waals surface area contributed by atoms with Gasteiger partial charge in [0.1, 0.15) is 0 Å². The second-order valence-corrected chi connectivity index (χ2v) is 5.90. The van der Waals surface area contributed by atoms with Gasteiger partial charge in [0.05, 0.1) is 0 Å². The van der Waals surface area contributed by atoms with E-state index < -0.39 is 0 Å². The van der Waals surface area contributed by atoms with Gasteiger partial charge in [0.25, 0.3) is 0 Å². The van der Waals surface area contributed by atoms with Crippen LogP contribution in [0.1, 0.15) is 70.6 Å². The van der Waals surface area contributed by atoms with Crippen LogP contribution in [0, 0.1) is 11.8 Å². The van der Waals surface area contributed by atoms with E-state index in [-0.39, 0.29) is 0 Å². The maximum atomic E-state index is 5.72. The summed E-state index contributed by atoms with van der Waals surface area (Å²) in [7, 11) is 0. The van der Waals surface area contributed by atoms with Gasteiger partial charge in [-0.2, -0.15) is 0 Å². The number of hydrazine groups is 1. The van der Waals surface area contributed by atoms with E-state index in [1.807, 2.05) is 0 Å². The molecule has 0 bridgehead atoms. The highest BCUT2D eigenvalue weighted by molar-refractivity contribution is 4.80. The molecule has 0 heterocycles. The van der Waals surface area contributed by atoms with E-state index in [1.54, 1.807) is 0 Å². The average molecular weight is 224 g/mol. The van der Waals surface area contributed by atoms with Crippen molar-refractivity contribution >= 4 is 0 Å². The first kappa shape index (κ1) is 12.4. The topological polar surface area (TPSA) is 38.0 Å². The molecule has 2 aliphatic carbocycles. The zero-order valence-electron chi connectivity index (χ0n) is 10.6. The van der Waals surface area contributed by atoms with Crippen LogP contribution < -0.4 is 11.3 Å². The summed E-state index contributed by atoms with van der Waals surface area (Å²) in [6.07, 6.45) is 15.7. The molecule has 0 radical (unpaired) electrons. The van der Waals surface area contributed by atoms with Crippen molar-refractivity contribution in [2.24, 2.45) is 17.7 Å². The number of nitrogens with two attached hydrogens (primary N) is 1. The molecule has 0 saturated heterocycles. The zero-order valence-corrected chi connectivity index (χ0v) is 10.6. The van der Waals surface area contributed by atoms with Gasteiger partial charge < -0.3 is 0 Å². The largest absolute Gasteiger partial charge is 0.271 e. The molecule has 94 valence electrons. The predicted octanol–water partition coefficient (Wildman–Crippen LogP) is 3.37. The van der Waals surface area contributed by atoms with E-state index in [9.17, 15) is 0 Å². The van der Waals surface area contributed by atoms with Crippen molar-refractivity contribution in [1.82, 2.24) is 5.43 Å². The molecule has 0 aromatic heterocycles. The summed E-state index contributed by atoms with van der Waals surface area (Å²) in [5.41, 5.74) is 3.08. The second-order valence-electron chi connectivity index (χ2n) is 5.90. The predicted molar refractivity (Wildman–Crippen MR) is 68.9 cm³/mol. The third kappa shape index (κ3) is 3.46. The van der Waals surface area contributed by atoms with Gasteiger partial charge in [-0.15, -0.1) is 0 Å². The minimum atomic E-state index is 0.601. The first-order chi connectivity index (χ1) is 7.90. The monoisotopic (exact) mass is 224 g/mol. The molecule has 2 rings (SSSR count). The van der Waals surface area contributed by atoms with Crippen molar-refractivity contribution in [2.75, 3.05) is 0 Å². The van der Waals surface area contributed by atoms with Gasteiger partial charge >= 0.3 is 0 Å². The van der Waals surface area contributed by atoms with Crippen molar-refractivity contribution < 1.29 is 0 Å². The van der Waals surface area contributed by atoms with Crippen molar-refractivity contribution in [3.8, 4) is 0 Å². The molecule has 0 amide bonds. The standard InChI is InChI=1S/C14H28N2/c15-16-14(13-8-4-5-9-13)11-10-12-6-2-1-3-7-12/h12-14,16H,1-11,15H2. The third-order valence-corrected chi connectivity index (χ3v) is 4.79. The van der Waals surface area contributed by atoms with Crippen molar-refractivity contribution in [3.05, 3.63) is 0 Å². The third-order valence-electron chi connectivity index (χ3n) is 4.79. The molecule has 3 N–H and O–H groups in total. The van der Waals surface area contributed by atoms with Crippen LogP contribution in [-0.4, -0.2) is 6.04 Å². The SMILES string of the molecule is NNC(CCC1CCCCC1)C1CCCC1. The van der Waals surface area contributed by atoms with Crippen LogP contribution in [0.25, 0.3) is 0 Å². The van der Waals surface area contributed by atoms with Gasteiger partial charge in [-0.05, 0) is 37.5 Å². The fourth-order valence-electron chi connectivity index (χ4n) is 3.71. The molecule has 1 unspecified atom stereocenters. The normalized spacial score (nSPS) is 26.1. The average Bonchev–Trinajstić information content (AvgIpc) is 2.85. The molecule has 0 aromatic carbocycles. The van der Waals surface area contributed by atoms with Gasteiger partial charge in [0, 0.05) is 6.04 Å². The van der Waals surface area contributed by atoms with E-state index >= 15 is 0 Å². The Kier molecular flexibility index (Phi) is 5.11. The highest BCUT2D eigenvalue weighted by atomic mass is 15.2. The van der Waals surface area contributed by atoms with E-state index in [4.69, 9.17) is 5.84 Å². The summed E-state index contributed by atoms with van der Waals surface area (Å²) >= 11 is 0. The smallest absolute Gasteiger partial charge is 0.0238 e. The van der Waals surface area contributed by atoms with Crippen LogP contribution in [0.15, 0.2) is 0 Å². The summed E-state index contributed by atoms with van der Waals surface area (Å²) in [5.74, 6) is 7.59. The number of nitrogens with one attached hydrogen (secondary N) is 1. The van der Waals surface area contributed by atoms with Gasteiger partial charge in [-0.1, -0.05) is 44.9 Å². The number of rotatable bonds is 5. The van der Waals surface area contributed by atoms with E-state index in [0.717, 1.165) is 11.8 Å². The first-order valence-corrected chi connectivity index (χ1v) is 7.36. The fourth-order valence-corrected chi connectivity index (χ4v) is 3.71. The lowest BCUT2D eigenvalue weighted by Gasteiger charge is -2.27. The van der Waals surface area contributed by atoms with Crippen LogP contribution in [0.5, 0.6) is 0 Å². The molecule has 0 aliphatic heterocycles. The summed E-state index contributed by atoms with van der Waals surface area (Å²) in [6.45, 7) is 0.